The van der Waals surface area contributed by atoms with Crippen molar-refractivity contribution in [2.24, 2.45) is 0 Å². The minimum atomic E-state index is -0.914. The summed E-state index contributed by atoms with van der Waals surface area (Å²) >= 11 is 0. The average Bonchev–Trinajstić information content (AvgIpc) is 3.34. The molecule has 5 nitrogen and oxygen atoms in total. The topological polar surface area (TPSA) is 62.3 Å². The van der Waals surface area contributed by atoms with Crippen molar-refractivity contribution in [1.29, 1.82) is 0 Å². The Hall–Kier alpha value is -2.35. The van der Waals surface area contributed by atoms with Crippen LogP contribution in [-0.2, 0) is 10.8 Å². The number of benzene rings is 1. The maximum Gasteiger partial charge on any atom is 0.255 e. The highest BCUT2D eigenvalue weighted by molar-refractivity contribution is 7.85. The van der Waals surface area contributed by atoms with Gasteiger partial charge in [-0.15, -0.1) is 0 Å². The Bertz CT molecular complexity index is 1020. The molecule has 1 aliphatic heterocycles. The van der Waals surface area contributed by atoms with Crippen molar-refractivity contribution >= 4 is 28.2 Å². The number of pyridine rings is 1. The fourth-order valence-electron chi connectivity index (χ4n) is 4.89. The maximum absolute atomic E-state index is 13.6. The smallest absolute Gasteiger partial charge is 0.255 e. The SMILES string of the molecule is O=C(c1cnc(Nc2ccc(F)c(F)c2)c2c1C1CCC2C1)N1CCS(=O)CC1. The first-order valence-electron chi connectivity index (χ1n) is 9.90. The highest BCUT2D eigenvalue weighted by Crippen LogP contribution is 2.56. The van der Waals surface area contributed by atoms with Gasteiger partial charge in [0.1, 0.15) is 5.82 Å². The average molecular weight is 417 g/mol. The number of nitrogens with zero attached hydrogens (tertiary/aromatic N) is 2. The number of hydrogen-bond donors (Lipinski definition) is 1. The molecule has 1 saturated carbocycles. The largest absolute Gasteiger partial charge is 0.340 e. The van der Waals surface area contributed by atoms with Crippen molar-refractivity contribution in [2.75, 3.05) is 29.9 Å². The third-order valence-electron chi connectivity index (χ3n) is 6.29. The van der Waals surface area contributed by atoms with Crippen LogP contribution in [0.5, 0.6) is 0 Å². The van der Waals surface area contributed by atoms with E-state index in [0.29, 0.717) is 53.5 Å². The molecule has 2 aliphatic carbocycles. The van der Waals surface area contributed by atoms with Gasteiger partial charge in [0.2, 0.25) is 0 Å². The van der Waals surface area contributed by atoms with Crippen LogP contribution in [0, 0.1) is 11.6 Å². The van der Waals surface area contributed by atoms with Crippen molar-refractivity contribution in [3.8, 4) is 0 Å². The molecule has 2 atom stereocenters. The Morgan fingerprint density at radius 3 is 2.55 bits per heavy atom. The van der Waals surface area contributed by atoms with Gasteiger partial charge in [0.15, 0.2) is 11.6 Å². The van der Waals surface area contributed by atoms with Crippen LogP contribution in [0.1, 0.15) is 52.6 Å². The summed E-state index contributed by atoms with van der Waals surface area (Å²) in [7, 11) is -0.841. The van der Waals surface area contributed by atoms with Gasteiger partial charge in [0, 0.05) is 58.9 Å². The Morgan fingerprint density at radius 1 is 1.10 bits per heavy atom. The molecule has 152 valence electrons. The summed E-state index contributed by atoms with van der Waals surface area (Å²) in [6, 6.07) is 3.68. The number of carbonyl (C=O) groups is 1. The predicted octanol–water partition coefficient (Wildman–Crippen LogP) is 3.67. The van der Waals surface area contributed by atoms with Gasteiger partial charge in [-0.05, 0) is 48.8 Å². The molecule has 2 aromatic rings. The third kappa shape index (κ3) is 3.23. The van der Waals surface area contributed by atoms with Crippen molar-refractivity contribution in [3.63, 3.8) is 0 Å². The van der Waals surface area contributed by atoms with E-state index in [1.807, 2.05) is 0 Å². The van der Waals surface area contributed by atoms with Gasteiger partial charge in [-0.1, -0.05) is 0 Å². The van der Waals surface area contributed by atoms with Crippen LogP contribution in [-0.4, -0.2) is 44.6 Å². The van der Waals surface area contributed by atoms with Crippen LogP contribution >= 0.6 is 0 Å². The number of nitrogens with one attached hydrogen (secondary N) is 1. The fraction of sp³-hybridized carbons (Fsp3) is 0.429. The Labute approximate surface area is 170 Å². The summed E-state index contributed by atoms with van der Waals surface area (Å²) in [6.45, 7) is 1.01. The second-order valence-electron chi connectivity index (χ2n) is 7.95. The van der Waals surface area contributed by atoms with Gasteiger partial charge in [0.25, 0.3) is 5.91 Å². The number of halogens is 2. The molecule has 2 heterocycles. The minimum absolute atomic E-state index is 0.0441. The summed E-state index contributed by atoms with van der Waals surface area (Å²) in [4.78, 5) is 19.5. The van der Waals surface area contributed by atoms with E-state index in [1.54, 1.807) is 11.1 Å². The first-order valence-corrected chi connectivity index (χ1v) is 11.4. The quantitative estimate of drug-likeness (QED) is 0.828. The molecule has 2 fully saturated rings. The van der Waals surface area contributed by atoms with Gasteiger partial charge < -0.3 is 10.2 Å². The molecule has 2 bridgehead atoms. The van der Waals surface area contributed by atoms with E-state index < -0.39 is 22.4 Å². The molecule has 1 amide bonds. The summed E-state index contributed by atoms with van der Waals surface area (Å²) in [5.41, 5.74) is 3.16. The Balaban J connectivity index is 1.50. The van der Waals surface area contributed by atoms with Crippen LogP contribution in [0.15, 0.2) is 24.4 Å². The van der Waals surface area contributed by atoms with Gasteiger partial charge in [-0.2, -0.15) is 0 Å². The van der Waals surface area contributed by atoms with E-state index in [2.05, 4.69) is 10.3 Å². The molecule has 5 rings (SSSR count). The molecule has 0 radical (unpaired) electrons. The van der Waals surface area contributed by atoms with Crippen molar-refractivity contribution in [2.45, 2.75) is 31.1 Å². The van der Waals surface area contributed by atoms with E-state index in [4.69, 9.17) is 0 Å². The number of fused-ring (bicyclic) bond motifs is 5. The molecule has 1 N–H and O–H groups in total. The number of hydrogen-bond acceptors (Lipinski definition) is 4. The molecule has 29 heavy (non-hydrogen) atoms. The maximum atomic E-state index is 13.6. The Morgan fingerprint density at radius 2 is 1.83 bits per heavy atom. The number of carbonyl (C=O) groups excluding carboxylic acids is 1. The summed E-state index contributed by atoms with van der Waals surface area (Å²) in [6.07, 6.45) is 4.70. The fourth-order valence-corrected chi connectivity index (χ4v) is 5.94. The molecular formula is C21H21F2N3O2S. The molecular weight excluding hydrogens is 396 g/mol. The molecule has 2 unspecified atom stereocenters. The second kappa shape index (κ2) is 7.16. The van der Waals surface area contributed by atoms with Crippen LogP contribution in [0.25, 0.3) is 0 Å². The van der Waals surface area contributed by atoms with Crippen molar-refractivity contribution < 1.29 is 17.8 Å². The molecule has 3 aliphatic rings. The lowest BCUT2D eigenvalue weighted by molar-refractivity contribution is 0.0769. The summed E-state index contributed by atoms with van der Waals surface area (Å²) in [5, 5.41) is 3.13. The van der Waals surface area contributed by atoms with E-state index in [0.717, 1.165) is 42.5 Å². The normalized spacial score (nSPS) is 23.3. The van der Waals surface area contributed by atoms with E-state index in [1.165, 1.54) is 6.07 Å². The summed E-state index contributed by atoms with van der Waals surface area (Å²) < 4.78 is 38.5. The number of aromatic nitrogens is 1. The lowest BCUT2D eigenvalue weighted by Gasteiger charge is -2.29. The zero-order valence-electron chi connectivity index (χ0n) is 15.8. The third-order valence-corrected chi connectivity index (χ3v) is 7.56. The lowest BCUT2D eigenvalue weighted by Crippen LogP contribution is -2.42. The zero-order chi connectivity index (χ0) is 20.1. The molecule has 0 spiro atoms. The van der Waals surface area contributed by atoms with Crippen molar-refractivity contribution in [3.05, 3.63) is 52.7 Å². The van der Waals surface area contributed by atoms with Crippen LogP contribution in [0.2, 0.25) is 0 Å². The Kier molecular flexibility index (Phi) is 4.61. The number of amides is 1. The number of rotatable bonds is 3. The van der Waals surface area contributed by atoms with Gasteiger partial charge in [-0.3, -0.25) is 9.00 Å². The van der Waals surface area contributed by atoms with E-state index in [9.17, 15) is 17.8 Å². The van der Waals surface area contributed by atoms with Gasteiger partial charge in [0.05, 0.1) is 5.56 Å². The van der Waals surface area contributed by atoms with Crippen molar-refractivity contribution in [1.82, 2.24) is 9.88 Å². The molecule has 1 saturated heterocycles. The van der Waals surface area contributed by atoms with E-state index >= 15 is 0 Å². The standard InChI is InChI=1S/C21H21F2N3O2S/c22-16-4-3-14(10-17(16)23)25-20-19-13-2-1-12(9-13)18(19)15(11-24-20)21(27)26-5-7-29(28)8-6-26/h3-4,10-13H,1-2,5-9H2,(H,24,25). The first-order chi connectivity index (χ1) is 14.0. The van der Waals surface area contributed by atoms with E-state index in [-0.39, 0.29) is 5.91 Å². The van der Waals surface area contributed by atoms with Gasteiger partial charge >= 0.3 is 0 Å². The van der Waals surface area contributed by atoms with Crippen LogP contribution in [0.3, 0.4) is 0 Å². The zero-order valence-corrected chi connectivity index (χ0v) is 16.6. The van der Waals surface area contributed by atoms with Crippen LogP contribution in [0.4, 0.5) is 20.3 Å². The first kappa shape index (κ1) is 18.7. The summed E-state index contributed by atoms with van der Waals surface area (Å²) in [5.74, 6) is 0.468. The molecule has 1 aromatic heterocycles. The second-order valence-corrected chi connectivity index (χ2v) is 9.65. The predicted molar refractivity (Wildman–Crippen MR) is 107 cm³/mol. The van der Waals surface area contributed by atoms with Gasteiger partial charge in [-0.25, -0.2) is 13.8 Å². The monoisotopic (exact) mass is 417 g/mol. The number of anilines is 2. The highest BCUT2D eigenvalue weighted by Gasteiger charge is 2.42. The van der Waals surface area contributed by atoms with Crippen LogP contribution < -0.4 is 5.32 Å². The minimum Gasteiger partial charge on any atom is -0.340 e. The molecule has 8 heteroatoms. The highest BCUT2D eigenvalue weighted by atomic mass is 32.2. The lowest BCUT2D eigenvalue weighted by atomic mass is 9.88. The molecule has 1 aromatic carbocycles.